The highest BCUT2D eigenvalue weighted by molar-refractivity contribution is 7.11. The lowest BCUT2D eigenvalue weighted by Gasteiger charge is -1.97. The molecular weight excluding hydrogens is 182 g/mol. The van der Waals surface area contributed by atoms with Crippen molar-refractivity contribution in [3.8, 4) is 5.88 Å². The van der Waals surface area contributed by atoms with Crippen LogP contribution >= 0.6 is 23.1 Å². The molecule has 11 heavy (non-hydrogen) atoms. The Labute approximate surface area is 75.3 Å². The molecule has 0 spiro atoms. The Morgan fingerprint density at radius 3 is 2.91 bits per heavy atom. The van der Waals surface area contributed by atoms with Gasteiger partial charge < -0.3 is 4.74 Å². The SMILES string of the molecule is CCCc1c(OC)nsc1Cl. The summed E-state index contributed by atoms with van der Waals surface area (Å²) in [6.07, 6.45) is 2.01. The first-order valence-electron chi connectivity index (χ1n) is 3.47. The minimum absolute atomic E-state index is 0.682. The molecule has 0 aromatic carbocycles. The van der Waals surface area contributed by atoms with E-state index in [1.54, 1.807) is 7.11 Å². The van der Waals surface area contributed by atoms with Gasteiger partial charge in [0.05, 0.1) is 7.11 Å². The van der Waals surface area contributed by atoms with Gasteiger partial charge in [-0.05, 0) is 18.0 Å². The molecule has 0 unspecified atom stereocenters. The predicted octanol–water partition coefficient (Wildman–Crippen LogP) is 2.76. The van der Waals surface area contributed by atoms with Crippen LogP contribution in [0.15, 0.2) is 0 Å². The molecule has 0 radical (unpaired) electrons. The molecule has 1 heterocycles. The van der Waals surface area contributed by atoms with Crippen molar-refractivity contribution in [1.82, 2.24) is 4.37 Å². The second kappa shape index (κ2) is 3.93. The zero-order valence-corrected chi connectivity index (χ0v) is 8.13. The number of hydrogen-bond acceptors (Lipinski definition) is 3. The van der Waals surface area contributed by atoms with E-state index in [-0.39, 0.29) is 0 Å². The lowest BCUT2D eigenvalue weighted by atomic mass is 10.2. The molecule has 0 atom stereocenters. The maximum atomic E-state index is 5.88. The maximum absolute atomic E-state index is 5.88. The largest absolute Gasteiger partial charge is 0.480 e. The van der Waals surface area contributed by atoms with Gasteiger partial charge in [-0.3, -0.25) is 0 Å². The van der Waals surface area contributed by atoms with E-state index < -0.39 is 0 Å². The van der Waals surface area contributed by atoms with E-state index in [1.165, 1.54) is 11.5 Å². The van der Waals surface area contributed by atoms with Gasteiger partial charge in [-0.25, -0.2) is 0 Å². The topological polar surface area (TPSA) is 22.1 Å². The second-order valence-corrected chi connectivity index (χ2v) is 3.57. The van der Waals surface area contributed by atoms with Crippen LogP contribution in [0.5, 0.6) is 5.88 Å². The molecule has 0 N–H and O–H groups in total. The highest BCUT2D eigenvalue weighted by Crippen LogP contribution is 2.30. The molecule has 1 rings (SSSR count). The lowest BCUT2D eigenvalue weighted by Crippen LogP contribution is -1.88. The number of methoxy groups -OCH3 is 1. The van der Waals surface area contributed by atoms with Crippen LogP contribution in [0, 0.1) is 0 Å². The Balaban J connectivity index is 2.88. The fraction of sp³-hybridized carbons (Fsp3) is 0.571. The van der Waals surface area contributed by atoms with Gasteiger partial charge in [-0.2, -0.15) is 4.37 Å². The summed E-state index contributed by atoms with van der Waals surface area (Å²) in [5, 5.41) is 0. The average molecular weight is 192 g/mol. The molecule has 0 fully saturated rings. The van der Waals surface area contributed by atoms with Crippen molar-refractivity contribution >= 4 is 23.1 Å². The Kier molecular flexibility index (Phi) is 3.15. The quantitative estimate of drug-likeness (QED) is 0.733. The van der Waals surface area contributed by atoms with Crippen molar-refractivity contribution < 1.29 is 4.74 Å². The summed E-state index contributed by atoms with van der Waals surface area (Å²) >= 11 is 7.16. The van der Waals surface area contributed by atoms with Crippen LogP contribution in [-0.2, 0) is 6.42 Å². The van der Waals surface area contributed by atoms with E-state index in [0.717, 1.165) is 22.7 Å². The van der Waals surface area contributed by atoms with Crippen LogP contribution in [-0.4, -0.2) is 11.5 Å². The molecule has 0 aliphatic rings. The number of rotatable bonds is 3. The molecule has 1 aromatic rings. The molecular formula is C7H10ClNOS. The van der Waals surface area contributed by atoms with Gasteiger partial charge in [-0.15, -0.1) is 0 Å². The summed E-state index contributed by atoms with van der Waals surface area (Å²) in [5.74, 6) is 0.682. The molecule has 4 heteroatoms. The first-order valence-corrected chi connectivity index (χ1v) is 4.62. The highest BCUT2D eigenvalue weighted by atomic mass is 35.5. The first-order chi connectivity index (χ1) is 5.29. The third-order valence-corrected chi connectivity index (χ3v) is 2.50. The Morgan fingerprint density at radius 1 is 1.64 bits per heavy atom. The fourth-order valence-electron chi connectivity index (χ4n) is 0.891. The van der Waals surface area contributed by atoms with E-state index in [9.17, 15) is 0 Å². The molecule has 62 valence electrons. The summed E-state index contributed by atoms with van der Waals surface area (Å²) in [5.41, 5.74) is 1.04. The number of ether oxygens (including phenoxy) is 1. The second-order valence-electron chi connectivity index (χ2n) is 2.19. The lowest BCUT2D eigenvalue weighted by molar-refractivity contribution is 0.397. The molecule has 1 aromatic heterocycles. The van der Waals surface area contributed by atoms with Crippen molar-refractivity contribution in [2.24, 2.45) is 0 Å². The summed E-state index contributed by atoms with van der Waals surface area (Å²) in [4.78, 5) is 0. The highest BCUT2D eigenvalue weighted by Gasteiger charge is 2.10. The van der Waals surface area contributed by atoms with Crippen LogP contribution in [0.2, 0.25) is 4.34 Å². The molecule has 2 nitrogen and oxygen atoms in total. The van der Waals surface area contributed by atoms with Crippen molar-refractivity contribution in [3.05, 3.63) is 9.90 Å². The molecule has 0 saturated heterocycles. The van der Waals surface area contributed by atoms with Crippen LogP contribution < -0.4 is 4.74 Å². The minimum Gasteiger partial charge on any atom is -0.480 e. The van der Waals surface area contributed by atoms with E-state index in [2.05, 4.69) is 11.3 Å². The molecule has 0 saturated carbocycles. The summed E-state index contributed by atoms with van der Waals surface area (Å²) < 4.78 is 9.83. The van der Waals surface area contributed by atoms with Crippen LogP contribution in [0.4, 0.5) is 0 Å². The van der Waals surface area contributed by atoms with E-state index in [0.29, 0.717) is 5.88 Å². The van der Waals surface area contributed by atoms with Gasteiger partial charge >= 0.3 is 0 Å². The summed E-state index contributed by atoms with van der Waals surface area (Å²) in [7, 11) is 1.62. The van der Waals surface area contributed by atoms with Crippen molar-refractivity contribution in [3.63, 3.8) is 0 Å². The van der Waals surface area contributed by atoms with Gasteiger partial charge in [-0.1, -0.05) is 24.9 Å². The van der Waals surface area contributed by atoms with E-state index in [1.807, 2.05) is 0 Å². The third-order valence-electron chi connectivity index (χ3n) is 1.40. The predicted molar refractivity (Wildman–Crippen MR) is 47.7 cm³/mol. The Morgan fingerprint density at radius 2 is 2.36 bits per heavy atom. The number of aromatic nitrogens is 1. The smallest absolute Gasteiger partial charge is 0.229 e. The number of nitrogens with zero attached hydrogens (tertiary/aromatic N) is 1. The fourth-order valence-corrected chi connectivity index (χ4v) is 1.82. The summed E-state index contributed by atoms with van der Waals surface area (Å²) in [6, 6.07) is 0. The van der Waals surface area contributed by atoms with Gasteiger partial charge in [0.25, 0.3) is 0 Å². The number of halogens is 1. The van der Waals surface area contributed by atoms with Gasteiger partial charge in [0.1, 0.15) is 4.34 Å². The normalized spacial score (nSPS) is 10.1. The van der Waals surface area contributed by atoms with E-state index >= 15 is 0 Å². The number of hydrogen-bond donors (Lipinski definition) is 0. The van der Waals surface area contributed by atoms with Gasteiger partial charge in [0.2, 0.25) is 5.88 Å². The van der Waals surface area contributed by atoms with Crippen LogP contribution in [0.1, 0.15) is 18.9 Å². The van der Waals surface area contributed by atoms with E-state index in [4.69, 9.17) is 16.3 Å². The van der Waals surface area contributed by atoms with Crippen LogP contribution in [0.25, 0.3) is 0 Å². The monoisotopic (exact) mass is 191 g/mol. The molecule has 0 aliphatic carbocycles. The maximum Gasteiger partial charge on any atom is 0.229 e. The molecule has 0 amide bonds. The van der Waals surface area contributed by atoms with Crippen LogP contribution in [0.3, 0.4) is 0 Å². The zero-order valence-electron chi connectivity index (χ0n) is 6.56. The van der Waals surface area contributed by atoms with Crippen molar-refractivity contribution in [1.29, 1.82) is 0 Å². The van der Waals surface area contributed by atoms with Gasteiger partial charge in [0.15, 0.2) is 0 Å². The van der Waals surface area contributed by atoms with Crippen molar-refractivity contribution in [2.75, 3.05) is 7.11 Å². The zero-order chi connectivity index (χ0) is 8.27. The van der Waals surface area contributed by atoms with Gasteiger partial charge in [0, 0.05) is 5.56 Å². The Hall–Kier alpha value is -0.280. The third kappa shape index (κ3) is 1.84. The minimum atomic E-state index is 0.682. The Bertz CT molecular complexity index is 236. The molecule has 0 bridgehead atoms. The first kappa shape index (κ1) is 8.81. The summed E-state index contributed by atoms with van der Waals surface area (Å²) in [6.45, 7) is 2.10. The molecule has 0 aliphatic heterocycles. The standard InChI is InChI=1S/C7H10ClNOS/c1-3-4-5-6(8)11-9-7(5)10-2/h3-4H2,1-2H3. The average Bonchev–Trinajstić information content (AvgIpc) is 2.34. The van der Waals surface area contributed by atoms with Crippen molar-refractivity contribution in [2.45, 2.75) is 19.8 Å².